The summed E-state index contributed by atoms with van der Waals surface area (Å²) in [7, 11) is 0. The summed E-state index contributed by atoms with van der Waals surface area (Å²) in [6.45, 7) is 0.671. The maximum atomic E-state index is 10.9. The second kappa shape index (κ2) is 8.90. The minimum absolute atomic E-state index is 0.155. The van der Waals surface area contributed by atoms with Gasteiger partial charge in [-0.05, 0) is 42.0 Å². The molecule has 3 aromatic carbocycles. The van der Waals surface area contributed by atoms with Gasteiger partial charge in [-0.25, -0.2) is 0 Å². The van der Waals surface area contributed by atoms with Crippen LogP contribution in [0.25, 0.3) is 22.3 Å². The van der Waals surface area contributed by atoms with Crippen LogP contribution in [0.1, 0.15) is 17.4 Å². The van der Waals surface area contributed by atoms with E-state index in [1.807, 2.05) is 65.2 Å². The molecular formula is C25H20Cl2N4O2. The van der Waals surface area contributed by atoms with Crippen LogP contribution in [0, 0.1) is 5.41 Å². The molecule has 5 aromatic rings. The minimum Gasteiger partial charge on any atom is -0.383 e. The van der Waals surface area contributed by atoms with E-state index in [0.29, 0.717) is 28.0 Å². The number of hydrogen-bond acceptors (Lipinski definition) is 4. The molecule has 166 valence electrons. The van der Waals surface area contributed by atoms with Crippen LogP contribution in [0.15, 0.2) is 83.4 Å². The Morgan fingerprint density at radius 2 is 1.48 bits per heavy atom. The zero-order valence-electron chi connectivity index (χ0n) is 17.5. The number of para-hydroxylation sites is 2. The van der Waals surface area contributed by atoms with Crippen LogP contribution in [0.2, 0.25) is 10.0 Å². The van der Waals surface area contributed by atoms with Crippen LogP contribution in [0.5, 0.6) is 0 Å². The van der Waals surface area contributed by atoms with E-state index < -0.39 is 6.10 Å². The first kappa shape index (κ1) is 21.5. The van der Waals surface area contributed by atoms with Crippen molar-refractivity contribution >= 4 is 34.2 Å². The van der Waals surface area contributed by atoms with Crippen molar-refractivity contribution in [3.63, 3.8) is 0 Å². The molecule has 33 heavy (non-hydrogen) atoms. The van der Waals surface area contributed by atoms with Gasteiger partial charge in [-0.1, -0.05) is 64.8 Å². The van der Waals surface area contributed by atoms with Gasteiger partial charge >= 0.3 is 0 Å². The van der Waals surface area contributed by atoms with E-state index in [9.17, 15) is 5.11 Å². The highest BCUT2D eigenvalue weighted by Gasteiger charge is 2.19. The van der Waals surface area contributed by atoms with Crippen molar-refractivity contribution in [2.75, 3.05) is 0 Å². The van der Waals surface area contributed by atoms with Crippen molar-refractivity contribution in [3.8, 4) is 11.3 Å². The third-order valence-electron chi connectivity index (χ3n) is 5.58. The number of nitrogens with zero attached hydrogens (tertiary/aromatic N) is 3. The monoisotopic (exact) mass is 478 g/mol. The third-order valence-corrected chi connectivity index (χ3v) is 6.08. The van der Waals surface area contributed by atoms with Gasteiger partial charge in [0.05, 0.1) is 24.1 Å². The quantitative estimate of drug-likeness (QED) is 0.330. The molecule has 1 atom stereocenters. The zero-order valence-corrected chi connectivity index (χ0v) is 19.0. The Labute approximate surface area is 199 Å². The van der Waals surface area contributed by atoms with Gasteiger partial charge in [0.15, 0.2) is 5.76 Å². The Balaban J connectivity index is 1.45. The lowest BCUT2D eigenvalue weighted by Crippen LogP contribution is -2.27. The number of rotatable bonds is 6. The second-order valence-electron chi connectivity index (χ2n) is 7.77. The number of nitrogens with one attached hydrogen (secondary N) is 1. The molecular weight excluding hydrogens is 459 g/mol. The molecule has 8 heteroatoms. The Morgan fingerprint density at radius 3 is 2.15 bits per heavy atom. The molecule has 0 saturated heterocycles. The van der Waals surface area contributed by atoms with E-state index in [1.54, 1.807) is 22.8 Å². The molecule has 0 aliphatic heterocycles. The topological polar surface area (TPSA) is 80.0 Å². The van der Waals surface area contributed by atoms with Gasteiger partial charge in [0.1, 0.15) is 11.8 Å². The maximum Gasteiger partial charge on any atom is 0.203 e. The van der Waals surface area contributed by atoms with Gasteiger partial charge in [0.25, 0.3) is 0 Å². The van der Waals surface area contributed by atoms with Gasteiger partial charge in [0.2, 0.25) is 5.62 Å². The summed E-state index contributed by atoms with van der Waals surface area (Å²) < 4.78 is 9.11. The number of imidazole rings is 1. The van der Waals surface area contributed by atoms with Gasteiger partial charge in [-0.15, -0.1) is 0 Å². The summed E-state index contributed by atoms with van der Waals surface area (Å²) in [5.74, 6) is 0.335. The van der Waals surface area contributed by atoms with Crippen LogP contribution < -0.4 is 5.62 Å². The van der Waals surface area contributed by atoms with Gasteiger partial charge in [-0.2, -0.15) is 0 Å². The van der Waals surface area contributed by atoms with Crippen LogP contribution in [-0.4, -0.2) is 19.4 Å². The van der Waals surface area contributed by atoms with Gasteiger partial charge in [0, 0.05) is 21.7 Å². The van der Waals surface area contributed by atoms with Crippen LogP contribution >= 0.6 is 23.2 Å². The van der Waals surface area contributed by atoms with Crippen LogP contribution in [0.4, 0.5) is 0 Å². The summed E-state index contributed by atoms with van der Waals surface area (Å²) >= 11 is 12.0. The lowest BCUT2D eigenvalue weighted by atomic mass is 10.1. The van der Waals surface area contributed by atoms with Crippen LogP contribution in [-0.2, 0) is 13.1 Å². The first-order valence-corrected chi connectivity index (χ1v) is 11.1. The molecule has 0 amide bonds. The fourth-order valence-electron chi connectivity index (χ4n) is 3.88. The predicted octanol–water partition coefficient (Wildman–Crippen LogP) is 5.67. The molecule has 0 aliphatic carbocycles. The number of fused-ring (bicyclic) bond motifs is 1. The molecule has 2 aromatic heterocycles. The minimum atomic E-state index is -0.970. The molecule has 0 radical (unpaired) electrons. The average molecular weight is 479 g/mol. The molecule has 1 unspecified atom stereocenters. The first-order valence-electron chi connectivity index (χ1n) is 10.4. The Morgan fingerprint density at radius 1 is 0.879 bits per heavy atom. The Bertz CT molecular complexity index is 1470. The summed E-state index contributed by atoms with van der Waals surface area (Å²) in [5.41, 5.74) is 4.53. The van der Waals surface area contributed by atoms with Crippen LogP contribution in [0.3, 0.4) is 0 Å². The average Bonchev–Trinajstić information content (AvgIpc) is 3.41. The largest absolute Gasteiger partial charge is 0.383 e. The molecule has 0 saturated carbocycles. The highest BCUT2D eigenvalue weighted by molar-refractivity contribution is 6.30. The van der Waals surface area contributed by atoms with E-state index in [4.69, 9.17) is 33.1 Å². The van der Waals surface area contributed by atoms with E-state index in [2.05, 4.69) is 5.16 Å². The van der Waals surface area contributed by atoms with E-state index in [-0.39, 0.29) is 12.2 Å². The predicted molar refractivity (Wildman–Crippen MR) is 128 cm³/mol. The number of hydrogen-bond donors (Lipinski definition) is 2. The molecule has 0 aliphatic rings. The molecule has 0 bridgehead atoms. The van der Waals surface area contributed by atoms with E-state index in [1.165, 1.54) is 0 Å². The maximum absolute atomic E-state index is 10.9. The summed E-state index contributed by atoms with van der Waals surface area (Å²) in [6.07, 6.45) is -0.970. The first-order chi connectivity index (χ1) is 16.0. The third kappa shape index (κ3) is 4.33. The Kier molecular flexibility index (Phi) is 5.81. The molecule has 2 heterocycles. The lowest BCUT2D eigenvalue weighted by Gasteiger charge is -2.09. The Hall–Kier alpha value is -3.32. The van der Waals surface area contributed by atoms with Crippen molar-refractivity contribution < 1.29 is 9.63 Å². The molecule has 5 rings (SSSR count). The second-order valence-corrected chi connectivity index (χ2v) is 8.65. The number of halogens is 2. The number of aromatic nitrogens is 3. The van der Waals surface area contributed by atoms with Gasteiger partial charge in [-0.3, -0.25) is 5.41 Å². The van der Waals surface area contributed by atoms with Crippen molar-refractivity contribution in [2.45, 2.75) is 19.2 Å². The van der Waals surface area contributed by atoms with Crippen molar-refractivity contribution in [3.05, 3.63) is 106 Å². The molecule has 0 spiro atoms. The summed E-state index contributed by atoms with van der Waals surface area (Å²) in [4.78, 5) is 0. The van der Waals surface area contributed by atoms with E-state index >= 15 is 0 Å². The SMILES string of the molecule is N=c1n(Cc2ccc(Cl)cc2)c2ccccc2n1CC(O)c1cc(-c2ccc(Cl)cc2)no1. The fraction of sp³-hybridized carbons (Fsp3) is 0.120. The number of aliphatic hydroxyl groups excluding tert-OH is 1. The summed E-state index contributed by atoms with van der Waals surface area (Å²) in [6, 6.07) is 24.3. The molecule has 0 fully saturated rings. The zero-order chi connectivity index (χ0) is 22.9. The van der Waals surface area contributed by atoms with E-state index in [0.717, 1.165) is 22.2 Å². The lowest BCUT2D eigenvalue weighted by molar-refractivity contribution is 0.121. The smallest absolute Gasteiger partial charge is 0.203 e. The summed E-state index contributed by atoms with van der Waals surface area (Å²) in [5, 5.41) is 25.1. The highest BCUT2D eigenvalue weighted by Crippen LogP contribution is 2.25. The van der Waals surface area contributed by atoms with Crippen molar-refractivity contribution in [1.82, 2.24) is 14.3 Å². The van der Waals surface area contributed by atoms with Gasteiger partial charge < -0.3 is 18.8 Å². The molecule has 2 N–H and O–H groups in total. The fourth-order valence-corrected chi connectivity index (χ4v) is 4.13. The number of benzene rings is 3. The highest BCUT2D eigenvalue weighted by atomic mass is 35.5. The molecule has 6 nitrogen and oxygen atoms in total. The number of aliphatic hydroxyl groups is 1. The van der Waals surface area contributed by atoms with Crippen molar-refractivity contribution in [1.29, 1.82) is 5.41 Å². The normalized spacial score (nSPS) is 12.3. The van der Waals surface area contributed by atoms with Crippen molar-refractivity contribution in [2.24, 2.45) is 0 Å². The standard InChI is InChI=1S/C25H20Cl2N4O2/c26-18-9-5-16(6-10-18)14-30-21-3-1-2-4-22(21)31(25(30)28)15-23(32)24-13-20(29-33-24)17-7-11-19(27)12-8-17/h1-13,23,28,32H,14-15H2.